The predicted molar refractivity (Wildman–Crippen MR) is 119 cm³/mol. The molecular weight excluding hydrogens is 408 g/mol. The molecule has 2 aromatic rings. The van der Waals surface area contributed by atoms with Crippen molar-refractivity contribution < 1.29 is 23.7 Å². The SMILES string of the molecule is C=CCc1ccc(OCC(=O)Oc2ccc(C3SCCS3)cc2OC)c(OC)c1. The van der Waals surface area contributed by atoms with Gasteiger partial charge in [-0.1, -0.05) is 18.2 Å². The molecule has 29 heavy (non-hydrogen) atoms. The van der Waals surface area contributed by atoms with Crippen LogP contribution in [0, 0.1) is 0 Å². The first kappa shape index (κ1) is 21.5. The third kappa shape index (κ3) is 5.64. The average molecular weight is 433 g/mol. The minimum Gasteiger partial charge on any atom is -0.493 e. The van der Waals surface area contributed by atoms with E-state index in [1.54, 1.807) is 26.4 Å². The van der Waals surface area contributed by atoms with Gasteiger partial charge in [-0.05, 0) is 41.8 Å². The number of benzene rings is 2. The number of methoxy groups -OCH3 is 2. The summed E-state index contributed by atoms with van der Waals surface area (Å²) in [5.74, 6) is 3.73. The maximum Gasteiger partial charge on any atom is 0.349 e. The molecule has 1 saturated heterocycles. The topological polar surface area (TPSA) is 54.0 Å². The van der Waals surface area contributed by atoms with E-state index < -0.39 is 5.97 Å². The van der Waals surface area contributed by atoms with Crippen molar-refractivity contribution >= 4 is 29.5 Å². The Balaban J connectivity index is 1.62. The standard InChI is InChI=1S/C22H24O5S2/c1-4-5-15-6-8-17(19(12-15)24-2)26-14-21(23)27-18-9-7-16(13-20(18)25-3)22-28-10-11-29-22/h4,6-9,12-13,22H,1,5,10-11,14H2,2-3H3. The Morgan fingerprint density at radius 2 is 1.72 bits per heavy atom. The molecule has 0 N–H and O–H groups in total. The summed E-state index contributed by atoms with van der Waals surface area (Å²) in [4.78, 5) is 12.3. The first-order chi connectivity index (χ1) is 14.1. The van der Waals surface area contributed by atoms with Crippen LogP contribution < -0.4 is 18.9 Å². The fourth-order valence-corrected chi connectivity index (χ4v) is 5.72. The number of esters is 1. The molecule has 0 aliphatic carbocycles. The summed E-state index contributed by atoms with van der Waals surface area (Å²) in [7, 11) is 3.13. The fraction of sp³-hybridized carbons (Fsp3) is 0.318. The number of carbonyl (C=O) groups excluding carboxylic acids is 1. The van der Waals surface area contributed by atoms with Crippen molar-refractivity contribution in [1.82, 2.24) is 0 Å². The second-order valence-corrected chi connectivity index (χ2v) is 8.95. The van der Waals surface area contributed by atoms with Crippen LogP contribution in [-0.4, -0.2) is 38.3 Å². The lowest BCUT2D eigenvalue weighted by atomic mass is 10.1. The Kier molecular flexibility index (Phi) is 7.77. The molecule has 1 aliphatic rings. The number of rotatable bonds is 9. The minimum atomic E-state index is -0.516. The Hall–Kier alpha value is -2.25. The lowest BCUT2D eigenvalue weighted by Gasteiger charge is -2.14. The average Bonchev–Trinajstić information content (AvgIpc) is 3.28. The molecule has 7 heteroatoms. The molecule has 3 rings (SSSR count). The summed E-state index contributed by atoms with van der Waals surface area (Å²) in [5, 5.41) is 0. The summed E-state index contributed by atoms with van der Waals surface area (Å²) in [5.41, 5.74) is 2.21. The van der Waals surface area contributed by atoms with E-state index >= 15 is 0 Å². The lowest BCUT2D eigenvalue weighted by molar-refractivity contribution is -0.136. The van der Waals surface area contributed by atoms with Crippen molar-refractivity contribution in [2.24, 2.45) is 0 Å². The van der Waals surface area contributed by atoms with Crippen LogP contribution in [0.5, 0.6) is 23.0 Å². The van der Waals surface area contributed by atoms with Crippen LogP contribution in [0.15, 0.2) is 49.1 Å². The van der Waals surface area contributed by atoms with Crippen LogP contribution in [0.1, 0.15) is 15.7 Å². The molecule has 5 nitrogen and oxygen atoms in total. The van der Waals surface area contributed by atoms with Gasteiger partial charge in [-0.25, -0.2) is 4.79 Å². The van der Waals surface area contributed by atoms with Crippen LogP contribution in [0.4, 0.5) is 0 Å². The monoisotopic (exact) mass is 432 g/mol. The quantitative estimate of drug-likeness (QED) is 0.317. The maximum atomic E-state index is 12.3. The van der Waals surface area contributed by atoms with Crippen molar-refractivity contribution in [2.45, 2.75) is 11.0 Å². The Morgan fingerprint density at radius 3 is 2.41 bits per heavy atom. The number of allylic oxidation sites excluding steroid dienone is 1. The first-order valence-electron chi connectivity index (χ1n) is 9.17. The predicted octanol–water partition coefficient (Wildman–Crippen LogP) is 4.90. The smallest absolute Gasteiger partial charge is 0.349 e. The van der Waals surface area contributed by atoms with Crippen LogP contribution >= 0.6 is 23.5 Å². The molecule has 2 aromatic carbocycles. The van der Waals surface area contributed by atoms with Crippen molar-refractivity contribution in [3.8, 4) is 23.0 Å². The van der Waals surface area contributed by atoms with Crippen molar-refractivity contribution in [3.63, 3.8) is 0 Å². The summed E-state index contributed by atoms with van der Waals surface area (Å²) in [6.07, 6.45) is 2.54. The largest absolute Gasteiger partial charge is 0.493 e. The van der Waals surface area contributed by atoms with E-state index in [-0.39, 0.29) is 6.61 Å². The van der Waals surface area contributed by atoms with Gasteiger partial charge in [0.15, 0.2) is 29.6 Å². The zero-order chi connectivity index (χ0) is 20.6. The van der Waals surface area contributed by atoms with Crippen molar-refractivity contribution in [3.05, 3.63) is 60.2 Å². The third-order valence-electron chi connectivity index (χ3n) is 4.26. The van der Waals surface area contributed by atoms with Gasteiger partial charge < -0.3 is 18.9 Å². The molecule has 0 atom stereocenters. The van der Waals surface area contributed by atoms with E-state index in [0.717, 1.165) is 29.1 Å². The summed E-state index contributed by atoms with van der Waals surface area (Å²) in [6.45, 7) is 3.49. The van der Waals surface area contributed by atoms with Gasteiger partial charge in [-0.2, -0.15) is 0 Å². The Bertz CT molecular complexity index is 862. The van der Waals surface area contributed by atoms with E-state index in [9.17, 15) is 4.79 Å². The fourth-order valence-electron chi connectivity index (χ4n) is 2.88. The highest BCUT2D eigenvalue weighted by molar-refractivity contribution is 8.19. The molecule has 0 aromatic heterocycles. The summed E-state index contributed by atoms with van der Waals surface area (Å²) in [6, 6.07) is 11.2. The molecule has 1 fully saturated rings. The molecule has 0 saturated carbocycles. The van der Waals surface area contributed by atoms with Crippen LogP contribution in [0.3, 0.4) is 0 Å². The van der Waals surface area contributed by atoms with Crippen LogP contribution in [-0.2, 0) is 11.2 Å². The molecule has 1 aliphatic heterocycles. The molecular formula is C22H24O5S2. The molecule has 0 spiro atoms. The maximum absolute atomic E-state index is 12.3. The zero-order valence-electron chi connectivity index (χ0n) is 16.5. The normalized spacial score (nSPS) is 13.7. The first-order valence-corrected chi connectivity index (χ1v) is 11.3. The molecule has 154 valence electrons. The van der Waals surface area contributed by atoms with Gasteiger partial charge in [0.25, 0.3) is 0 Å². The van der Waals surface area contributed by atoms with Gasteiger partial charge in [0.1, 0.15) is 0 Å². The molecule has 1 heterocycles. The number of carbonyl (C=O) groups is 1. The highest BCUT2D eigenvalue weighted by atomic mass is 32.2. The lowest BCUT2D eigenvalue weighted by Crippen LogP contribution is -2.18. The van der Waals surface area contributed by atoms with Gasteiger partial charge in [-0.15, -0.1) is 30.1 Å². The Morgan fingerprint density at radius 1 is 1.03 bits per heavy atom. The van der Waals surface area contributed by atoms with Gasteiger partial charge in [0.05, 0.1) is 18.8 Å². The number of hydrogen-bond donors (Lipinski definition) is 0. The number of thioether (sulfide) groups is 2. The zero-order valence-corrected chi connectivity index (χ0v) is 18.1. The van der Waals surface area contributed by atoms with Gasteiger partial charge >= 0.3 is 5.97 Å². The van der Waals surface area contributed by atoms with Crippen molar-refractivity contribution in [1.29, 1.82) is 0 Å². The van der Waals surface area contributed by atoms with Gasteiger partial charge in [0, 0.05) is 11.5 Å². The highest BCUT2D eigenvalue weighted by Crippen LogP contribution is 2.46. The second-order valence-electron chi connectivity index (χ2n) is 6.22. The van der Waals surface area contributed by atoms with Crippen LogP contribution in [0.2, 0.25) is 0 Å². The van der Waals surface area contributed by atoms with Crippen molar-refractivity contribution in [2.75, 3.05) is 32.3 Å². The highest BCUT2D eigenvalue weighted by Gasteiger charge is 2.21. The molecule has 0 amide bonds. The van der Waals surface area contributed by atoms with E-state index in [2.05, 4.69) is 6.58 Å². The second kappa shape index (κ2) is 10.5. The van der Waals surface area contributed by atoms with Gasteiger partial charge in [-0.3, -0.25) is 0 Å². The van der Waals surface area contributed by atoms with E-state index in [1.807, 2.05) is 53.9 Å². The third-order valence-corrected chi connectivity index (χ3v) is 7.36. The number of hydrogen-bond acceptors (Lipinski definition) is 7. The van der Waals surface area contributed by atoms with E-state index in [4.69, 9.17) is 18.9 Å². The van der Waals surface area contributed by atoms with E-state index in [0.29, 0.717) is 27.6 Å². The molecule has 0 radical (unpaired) electrons. The molecule has 0 unspecified atom stereocenters. The summed E-state index contributed by atoms with van der Waals surface area (Å²) < 4.78 is 22.2. The molecule has 0 bridgehead atoms. The Labute approximate surface area is 179 Å². The minimum absolute atomic E-state index is 0.240. The van der Waals surface area contributed by atoms with Gasteiger partial charge in [0.2, 0.25) is 0 Å². The van der Waals surface area contributed by atoms with E-state index in [1.165, 1.54) is 0 Å². The summed E-state index contributed by atoms with van der Waals surface area (Å²) >= 11 is 3.82. The van der Waals surface area contributed by atoms with Crippen LogP contribution in [0.25, 0.3) is 0 Å². The number of ether oxygens (including phenoxy) is 4.